The van der Waals surface area contributed by atoms with Gasteiger partial charge in [-0.3, -0.25) is 4.68 Å². The summed E-state index contributed by atoms with van der Waals surface area (Å²) in [6, 6.07) is 0. The molecule has 0 saturated heterocycles. The largest absolute Gasteiger partial charge is 0.493 e. The number of aryl methyl sites for hydroxylation is 1. The zero-order valence-corrected chi connectivity index (χ0v) is 11.2. The third-order valence-corrected chi connectivity index (χ3v) is 2.88. The number of ether oxygens (including phenoxy) is 2. The normalized spacial score (nSPS) is 15.0. The third kappa shape index (κ3) is 2.79. The number of rotatable bonds is 6. The van der Waals surface area contributed by atoms with Crippen LogP contribution in [0.15, 0.2) is 6.20 Å². The molecular weight excluding hydrogens is 220 g/mol. The van der Waals surface area contributed by atoms with Gasteiger partial charge in [0.2, 0.25) is 0 Å². The van der Waals surface area contributed by atoms with Gasteiger partial charge in [0.15, 0.2) is 5.75 Å². The molecule has 98 valence electrons. The van der Waals surface area contributed by atoms with Crippen LogP contribution < -0.4 is 4.74 Å². The summed E-state index contributed by atoms with van der Waals surface area (Å²) in [7, 11) is 3.18. The topological polar surface area (TPSA) is 56.5 Å². The molecule has 0 spiro atoms. The number of nitrogens with zero attached hydrogens (tertiary/aromatic N) is 2. The van der Waals surface area contributed by atoms with Gasteiger partial charge >= 0.3 is 0 Å². The summed E-state index contributed by atoms with van der Waals surface area (Å²) in [4.78, 5) is 0. The third-order valence-electron chi connectivity index (χ3n) is 2.88. The van der Waals surface area contributed by atoms with Crippen molar-refractivity contribution in [3.8, 4) is 5.75 Å². The van der Waals surface area contributed by atoms with Crippen LogP contribution in [-0.2, 0) is 11.3 Å². The van der Waals surface area contributed by atoms with E-state index in [1.54, 1.807) is 25.1 Å². The Hall–Kier alpha value is -1.07. The zero-order chi connectivity index (χ0) is 13.0. The SMILES string of the molecule is CCn1ncc(OC)c1C(O)C(OC)C(C)C. The molecule has 0 bridgehead atoms. The molecule has 0 fully saturated rings. The van der Waals surface area contributed by atoms with Crippen molar-refractivity contribution >= 4 is 0 Å². The van der Waals surface area contributed by atoms with Crippen molar-refractivity contribution in [2.75, 3.05) is 14.2 Å². The minimum Gasteiger partial charge on any atom is -0.493 e. The monoisotopic (exact) mass is 242 g/mol. The highest BCUT2D eigenvalue weighted by Crippen LogP contribution is 2.30. The van der Waals surface area contributed by atoms with E-state index in [4.69, 9.17) is 9.47 Å². The molecule has 5 nitrogen and oxygen atoms in total. The van der Waals surface area contributed by atoms with E-state index in [1.165, 1.54) is 0 Å². The smallest absolute Gasteiger partial charge is 0.162 e. The van der Waals surface area contributed by atoms with Crippen LogP contribution in [0.1, 0.15) is 32.6 Å². The van der Waals surface area contributed by atoms with Gasteiger partial charge in [0.25, 0.3) is 0 Å². The molecule has 2 atom stereocenters. The molecule has 17 heavy (non-hydrogen) atoms. The summed E-state index contributed by atoms with van der Waals surface area (Å²) in [5.74, 6) is 0.807. The standard InChI is InChI=1S/C12H22N2O3/c1-6-14-10(9(16-4)7-13-14)11(15)12(17-5)8(2)3/h7-8,11-12,15H,6H2,1-5H3. The van der Waals surface area contributed by atoms with Crippen LogP contribution in [0, 0.1) is 5.92 Å². The van der Waals surface area contributed by atoms with Crippen LogP contribution in [0.25, 0.3) is 0 Å². The van der Waals surface area contributed by atoms with Gasteiger partial charge in [-0.05, 0) is 12.8 Å². The van der Waals surface area contributed by atoms with Gasteiger partial charge in [-0.25, -0.2) is 0 Å². The predicted molar refractivity (Wildman–Crippen MR) is 65.0 cm³/mol. The van der Waals surface area contributed by atoms with E-state index in [9.17, 15) is 5.11 Å². The van der Waals surface area contributed by atoms with Crippen molar-refractivity contribution in [3.05, 3.63) is 11.9 Å². The maximum atomic E-state index is 10.4. The lowest BCUT2D eigenvalue weighted by Gasteiger charge is -2.25. The van der Waals surface area contributed by atoms with E-state index < -0.39 is 6.10 Å². The highest BCUT2D eigenvalue weighted by Gasteiger charge is 2.29. The highest BCUT2D eigenvalue weighted by molar-refractivity contribution is 5.28. The Morgan fingerprint density at radius 2 is 2.06 bits per heavy atom. The predicted octanol–water partition coefficient (Wildman–Crippen LogP) is 1.62. The Bertz CT molecular complexity index is 328. The summed E-state index contributed by atoms with van der Waals surface area (Å²) in [6.45, 7) is 6.68. The number of hydrogen-bond donors (Lipinski definition) is 1. The molecule has 1 rings (SSSR count). The molecule has 1 aromatic rings. The fraction of sp³-hybridized carbons (Fsp3) is 0.750. The lowest BCUT2D eigenvalue weighted by molar-refractivity contribution is -0.0435. The number of hydrogen-bond acceptors (Lipinski definition) is 4. The van der Waals surface area contributed by atoms with Gasteiger partial charge in [-0.2, -0.15) is 5.10 Å². The van der Waals surface area contributed by atoms with Gasteiger partial charge in [0, 0.05) is 13.7 Å². The number of aliphatic hydroxyl groups is 1. The molecule has 1 aromatic heterocycles. The summed E-state index contributed by atoms with van der Waals surface area (Å²) in [6.07, 6.45) is 0.609. The molecule has 0 saturated carbocycles. The first-order valence-corrected chi connectivity index (χ1v) is 5.87. The van der Waals surface area contributed by atoms with E-state index in [0.29, 0.717) is 18.0 Å². The number of methoxy groups -OCH3 is 2. The van der Waals surface area contributed by atoms with Crippen molar-refractivity contribution in [2.24, 2.45) is 5.92 Å². The first-order valence-electron chi connectivity index (χ1n) is 5.87. The molecule has 0 aliphatic heterocycles. The van der Waals surface area contributed by atoms with Crippen molar-refractivity contribution in [2.45, 2.75) is 39.5 Å². The van der Waals surface area contributed by atoms with Crippen LogP contribution in [0.3, 0.4) is 0 Å². The Balaban J connectivity index is 3.08. The fourth-order valence-corrected chi connectivity index (χ4v) is 2.01. The van der Waals surface area contributed by atoms with E-state index in [0.717, 1.165) is 0 Å². The number of aliphatic hydroxyl groups excluding tert-OH is 1. The molecule has 0 aliphatic rings. The second kappa shape index (κ2) is 6.02. The van der Waals surface area contributed by atoms with Gasteiger partial charge in [0.1, 0.15) is 11.8 Å². The van der Waals surface area contributed by atoms with Crippen LogP contribution in [0.2, 0.25) is 0 Å². The Morgan fingerprint density at radius 1 is 1.41 bits per heavy atom. The average molecular weight is 242 g/mol. The van der Waals surface area contributed by atoms with Gasteiger partial charge in [-0.1, -0.05) is 13.8 Å². The van der Waals surface area contributed by atoms with Crippen molar-refractivity contribution in [1.82, 2.24) is 9.78 Å². The quantitative estimate of drug-likeness (QED) is 0.823. The second-order valence-corrected chi connectivity index (χ2v) is 4.30. The van der Waals surface area contributed by atoms with E-state index in [-0.39, 0.29) is 12.0 Å². The van der Waals surface area contributed by atoms with Gasteiger partial charge in [-0.15, -0.1) is 0 Å². The first-order chi connectivity index (χ1) is 8.06. The maximum Gasteiger partial charge on any atom is 0.162 e. The molecule has 0 aliphatic carbocycles. The lowest BCUT2D eigenvalue weighted by atomic mass is 9.99. The minimum absolute atomic E-state index is 0.208. The molecule has 0 radical (unpaired) electrons. The van der Waals surface area contributed by atoms with Gasteiger partial charge in [0.05, 0.1) is 19.4 Å². The van der Waals surface area contributed by atoms with Crippen LogP contribution >= 0.6 is 0 Å². The second-order valence-electron chi connectivity index (χ2n) is 4.30. The average Bonchev–Trinajstić information content (AvgIpc) is 2.71. The summed E-state index contributed by atoms with van der Waals surface area (Å²) in [5.41, 5.74) is 0.676. The van der Waals surface area contributed by atoms with Crippen molar-refractivity contribution in [3.63, 3.8) is 0 Å². The first kappa shape index (κ1) is 14.0. The molecule has 1 heterocycles. The molecule has 5 heteroatoms. The summed E-state index contributed by atoms with van der Waals surface area (Å²) in [5, 5.41) is 14.6. The molecular formula is C12H22N2O3. The van der Waals surface area contributed by atoms with Crippen molar-refractivity contribution in [1.29, 1.82) is 0 Å². The van der Waals surface area contributed by atoms with E-state index >= 15 is 0 Å². The molecule has 0 aromatic carbocycles. The summed E-state index contributed by atoms with van der Waals surface area (Å²) < 4.78 is 12.3. The fourth-order valence-electron chi connectivity index (χ4n) is 2.01. The lowest BCUT2D eigenvalue weighted by Crippen LogP contribution is -2.28. The van der Waals surface area contributed by atoms with E-state index in [2.05, 4.69) is 5.10 Å². The maximum absolute atomic E-state index is 10.4. The minimum atomic E-state index is -0.739. The molecule has 2 unspecified atom stereocenters. The van der Waals surface area contributed by atoms with Crippen molar-refractivity contribution < 1.29 is 14.6 Å². The van der Waals surface area contributed by atoms with Crippen LogP contribution in [0.5, 0.6) is 5.75 Å². The number of aromatic nitrogens is 2. The Morgan fingerprint density at radius 3 is 2.47 bits per heavy atom. The Labute approximate surface area is 102 Å². The van der Waals surface area contributed by atoms with Gasteiger partial charge < -0.3 is 14.6 Å². The molecule has 1 N–H and O–H groups in total. The summed E-state index contributed by atoms with van der Waals surface area (Å²) >= 11 is 0. The van der Waals surface area contributed by atoms with E-state index in [1.807, 2.05) is 20.8 Å². The Kier molecular flexibility index (Phi) is 4.96. The molecule has 0 amide bonds. The van der Waals surface area contributed by atoms with Crippen LogP contribution in [-0.4, -0.2) is 35.2 Å². The van der Waals surface area contributed by atoms with Crippen LogP contribution in [0.4, 0.5) is 0 Å². The zero-order valence-electron chi connectivity index (χ0n) is 11.2. The highest BCUT2D eigenvalue weighted by atomic mass is 16.5.